The molecule has 0 aromatic carbocycles. The van der Waals surface area contributed by atoms with Crippen LogP contribution in [-0.2, 0) is 4.79 Å². The van der Waals surface area contributed by atoms with Crippen LogP contribution in [0.3, 0.4) is 0 Å². The highest BCUT2D eigenvalue weighted by Gasteiger charge is 2.28. The Morgan fingerprint density at radius 1 is 1.06 bits per heavy atom. The van der Waals surface area contributed by atoms with Crippen molar-refractivity contribution in [2.45, 2.75) is 6.04 Å². The number of carbonyl (C=O) groups excluding carboxylic acids is 1. The maximum atomic E-state index is 12.2. The van der Waals surface area contributed by atoms with Crippen LogP contribution in [0.25, 0.3) is 0 Å². The predicted molar refractivity (Wildman–Crippen MR) is 63.4 cm³/mol. The molecule has 92 valence electrons. The summed E-state index contributed by atoms with van der Waals surface area (Å²) in [6.45, 7) is 6.52. The first-order chi connectivity index (χ1) is 7.66. The topological polar surface area (TPSA) is 38.8 Å². The lowest BCUT2D eigenvalue weighted by molar-refractivity contribution is -0.136. The normalized spacial score (nSPS) is 29.4. The monoisotopic (exact) mass is 226 g/mol. The lowest BCUT2D eigenvalue weighted by Gasteiger charge is -2.37. The Hall–Kier alpha value is -0.650. The molecule has 0 saturated carbocycles. The molecular formula is C11H22N4O. The lowest BCUT2D eigenvalue weighted by atomic mass is 10.1. The van der Waals surface area contributed by atoms with E-state index in [0.29, 0.717) is 0 Å². The SMILES string of the molecule is CN1CCN(C(=O)C2CN(C)CCN2)CC1. The van der Waals surface area contributed by atoms with Gasteiger partial charge in [-0.1, -0.05) is 0 Å². The van der Waals surface area contributed by atoms with Gasteiger partial charge in [0.15, 0.2) is 0 Å². The van der Waals surface area contributed by atoms with Crippen molar-refractivity contribution in [1.82, 2.24) is 20.0 Å². The van der Waals surface area contributed by atoms with Crippen LogP contribution in [0.4, 0.5) is 0 Å². The van der Waals surface area contributed by atoms with Crippen molar-refractivity contribution in [1.29, 1.82) is 0 Å². The first-order valence-corrected chi connectivity index (χ1v) is 6.06. The molecule has 0 bridgehead atoms. The number of piperazine rings is 2. The zero-order chi connectivity index (χ0) is 11.5. The molecule has 1 unspecified atom stereocenters. The van der Waals surface area contributed by atoms with Crippen molar-refractivity contribution in [3.8, 4) is 0 Å². The van der Waals surface area contributed by atoms with Crippen molar-refractivity contribution < 1.29 is 4.79 Å². The van der Waals surface area contributed by atoms with Gasteiger partial charge in [0.2, 0.25) is 5.91 Å². The maximum absolute atomic E-state index is 12.2. The Balaban J connectivity index is 1.86. The summed E-state index contributed by atoms with van der Waals surface area (Å²) in [5, 5.41) is 3.31. The zero-order valence-electron chi connectivity index (χ0n) is 10.3. The highest BCUT2D eigenvalue weighted by Crippen LogP contribution is 2.05. The second-order valence-corrected chi connectivity index (χ2v) is 4.90. The summed E-state index contributed by atoms with van der Waals surface area (Å²) in [7, 11) is 4.18. The van der Waals surface area contributed by atoms with Gasteiger partial charge < -0.3 is 20.0 Å². The number of hydrogen-bond acceptors (Lipinski definition) is 4. The number of likely N-dealkylation sites (N-methyl/N-ethyl adjacent to an activating group) is 2. The van der Waals surface area contributed by atoms with E-state index in [2.05, 4.69) is 29.2 Å². The van der Waals surface area contributed by atoms with Gasteiger partial charge in [-0.25, -0.2) is 0 Å². The molecule has 0 aromatic rings. The van der Waals surface area contributed by atoms with Crippen LogP contribution >= 0.6 is 0 Å². The van der Waals surface area contributed by atoms with Gasteiger partial charge in [-0.05, 0) is 14.1 Å². The Bertz CT molecular complexity index is 250. The third kappa shape index (κ3) is 2.72. The molecule has 0 aromatic heterocycles. The number of nitrogens with zero attached hydrogens (tertiary/aromatic N) is 3. The molecule has 0 spiro atoms. The van der Waals surface area contributed by atoms with Crippen molar-refractivity contribution in [2.75, 3.05) is 59.9 Å². The van der Waals surface area contributed by atoms with E-state index in [-0.39, 0.29) is 11.9 Å². The van der Waals surface area contributed by atoms with Gasteiger partial charge in [0.05, 0.1) is 6.04 Å². The fourth-order valence-corrected chi connectivity index (χ4v) is 2.31. The molecule has 16 heavy (non-hydrogen) atoms. The third-order valence-corrected chi connectivity index (χ3v) is 3.49. The van der Waals surface area contributed by atoms with E-state index >= 15 is 0 Å². The molecule has 0 radical (unpaired) electrons. The van der Waals surface area contributed by atoms with Crippen molar-refractivity contribution in [3.63, 3.8) is 0 Å². The van der Waals surface area contributed by atoms with Crippen molar-refractivity contribution in [2.24, 2.45) is 0 Å². The molecule has 2 fully saturated rings. The summed E-state index contributed by atoms with van der Waals surface area (Å²) < 4.78 is 0. The lowest BCUT2D eigenvalue weighted by Crippen LogP contribution is -2.59. The van der Waals surface area contributed by atoms with Gasteiger partial charge in [0.1, 0.15) is 0 Å². The van der Waals surface area contributed by atoms with Crippen LogP contribution in [-0.4, -0.2) is 86.6 Å². The Morgan fingerprint density at radius 3 is 2.38 bits per heavy atom. The van der Waals surface area contributed by atoms with Gasteiger partial charge in [-0.3, -0.25) is 4.79 Å². The molecule has 1 amide bonds. The molecule has 1 N–H and O–H groups in total. The Labute approximate surface area is 97.4 Å². The van der Waals surface area contributed by atoms with Crippen LogP contribution in [0.2, 0.25) is 0 Å². The first kappa shape index (κ1) is 11.8. The standard InChI is InChI=1S/C11H22N4O/c1-13-5-7-15(8-6-13)11(16)10-9-14(2)4-3-12-10/h10,12H,3-9H2,1-2H3. The van der Waals surface area contributed by atoms with E-state index in [1.807, 2.05) is 4.90 Å². The number of hydrogen-bond donors (Lipinski definition) is 1. The molecule has 5 nitrogen and oxygen atoms in total. The fraction of sp³-hybridized carbons (Fsp3) is 0.909. The van der Waals surface area contributed by atoms with E-state index < -0.39 is 0 Å². The quantitative estimate of drug-likeness (QED) is 0.601. The van der Waals surface area contributed by atoms with Crippen LogP contribution in [0, 0.1) is 0 Å². The van der Waals surface area contributed by atoms with Gasteiger partial charge in [-0.2, -0.15) is 0 Å². The van der Waals surface area contributed by atoms with Gasteiger partial charge in [-0.15, -0.1) is 0 Å². The minimum absolute atomic E-state index is 0.00200. The minimum atomic E-state index is 0.00200. The van der Waals surface area contributed by atoms with Crippen LogP contribution in [0.1, 0.15) is 0 Å². The largest absolute Gasteiger partial charge is 0.339 e. The predicted octanol–water partition coefficient (Wildman–Crippen LogP) is -1.34. The second kappa shape index (κ2) is 5.12. The number of nitrogens with one attached hydrogen (secondary N) is 1. The van der Waals surface area contributed by atoms with Crippen LogP contribution in [0.5, 0.6) is 0 Å². The molecule has 0 aliphatic carbocycles. The van der Waals surface area contributed by atoms with Crippen molar-refractivity contribution in [3.05, 3.63) is 0 Å². The maximum Gasteiger partial charge on any atom is 0.241 e. The van der Waals surface area contributed by atoms with E-state index in [0.717, 1.165) is 45.8 Å². The van der Waals surface area contributed by atoms with Crippen LogP contribution in [0.15, 0.2) is 0 Å². The van der Waals surface area contributed by atoms with E-state index in [4.69, 9.17) is 0 Å². The van der Waals surface area contributed by atoms with Gasteiger partial charge in [0.25, 0.3) is 0 Å². The molecule has 2 saturated heterocycles. The Morgan fingerprint density at radius 2 is 1.75 bits per heavy atom. The fourth-order valence-electron chi connectivity index (χ4n) is 2.31. The third-order valence-electron chi connectivity index (χ3n) is 3.49. The second-order valence-electron chi connectivity index (χ2n) is 4.90. The molecule has 2 aliphatic rings. The molecule has 5 heteroatoms. The molecular weight excluding hydrogens is 204 g/mol. The highest BCUT2D eigenvalue weighted by molar-refractivity contribution is 5.82. The van der Waals surface area contributed by atoms with E-state index in [1.165, 1.54) is 0 Å². The number of carbonyl (C=O) groups is 1. The molecule has 2 heterocycles. The molecule has 2 rings (SSSR count). The number of amides is 1. The van der Waals surface area contributed by atoms with E-state index in [1.54, 1.807) is 0 Å². The summed E-state index contributed by atoms with van der Waals surface area (Å²) in [5.41, 5.74) is 0. The summed E-state index contributed by atoms with van der Waals surface area (Å²) in [5.74, 6) is 0.277. The van der Waals surface area contributed by atoms with Gasteiger partial charge >= 0.3 is 0 Å². The average Bonchev–Trinajstić information content (AvgIpc) is 2.29. The molecule has 2 aliphatic heterocycles. The Kier molecular flexibility index (Phi) is 3.78. The van der Waals surface area contributed by atoms with Gasteiger partial charge in [0, 0.05) is 45.8 Å². The minimum Gasteiger partial charge on any atom is -0.339 e. The zero-order valence-corrected chi connectivity index (χ0v) is 10.3. The summed E-state index contributed by atoms with van der Waals surface area (Å²) >= 11 is 0. The average molecular weight is 226 g/mol. The highest BCUT2D eigenvalue weighted by atomic mass is 16.2. The smallest absolute Gasteiger partial charge is 0.241 e. The summed E-state index contributed by atoms with van der Waals surface area (Å²) in [6, 6.07) is 0.00200. The number of rotatable bonds is 1. The first-order valence-electron chi connectivity index (χ1n) is 6.06. The van der Waals surface area contributed by atoms with Crippen molar-refractivity contribution >= 4 is 5.91 Å². The summed E-state index contributed by atoms with van der Waals surface area (Å²) in [4.78, 5) is 18.7. The molecule has 1 atom stereocenters. The van der Waals surface area contributed by atoms with E-state index in [9.17, 15) is 4.79 Å². The summed E-state index contributed by atoms with van der Waals surface area (Å²) in [6.07, 6.45) is 0. The van der Waals surface area contributed by atoms with Crippen LogP contribution < -0.4 is 5.32 Å².